The first kappa shape index (κ1) is 17.0. The average Bonchev–Trinajstić information content (AvgIpc) is 2.90. The van der Waals surface area contributed by atoms with E-state index < -0.39 is 0 Å². The van der Waals surface area contributed by atoms with Gasteiger partial charge >= 0.3 is 0 Å². The number of benzene rings is 1. The van der Waals surface area contributed by atoms with Gasteiger partial charge in [-0.05, 0) is 24.1 Å². The van der Waals surface area contributed by atoms with Gasteiger partial charge in [0.05, 0.1) is 12.6 Å². The summed E-state index contributed by atoms with van der Waals surface area (Å²) in [6.07, 6.45) is 5.41. The topological polar surface area (TPSA) is 66.4 Å². The Morgan fingerprint density at radius 1 is 1.00 bits per heavy atom. The van der Waals surface area contributed by atoms with Crippen molar-refractivity contribution in [3.8, 4) is 0 Å². The van der Waals surface area contributed by atoms with E-state index in [4.69, 9.17) is 0 Å². The molecule has 6 nitrogen and oxygen atoms in total. The molecule has 0 saturated carbocycles. The minimum absolute atomic E-state index is 0.0135. The zero-order chi connectivity index (χ0) is 17.6. The Kier molecular flexibility index (Phi) is 5.33. The van der Waals surface area contributed by atoms with Gasteiger partial charge < -0.3 is 9.80 Å². The smallest absolute Gasteiger partial charge is 0.274 e. The fraction of sp³-hybridized carbons (Fsp3) is 0.333. The number of amides is 2. The lowest BCUT2D eigenvalue weighted by Gasteiger charge is -2.22. The standard InChI is InChI=1S/C18H19FN4O2/c19-15-4-2-14(3-5-15)12-17(24)22-8-1-9-23(11-10-22)18(25)16-13-20-6-7-21-16/h2-7,13H,1,8-12H2. The van der Waals surface area contributed by atoms with Crippen LogP contribution in [-0.4, -0.2) is 57.8 Å². The van der Waals surface area contributed by atoms with E-state index in [-0.39, 0.29) is 24.1 Å². The van der Waals surface area contributed by atoms with Gasteiger partial charge in [0.2, 0.25) is 5.91 Å². The van der Waals surface area contributed by atoms with Crippen molar-refractivity contribution in [3.63, 3.8) is 0 Å². The monoisotopic (exact) mass is 342 g/mol. The molecule has 3 rings (SSSR count). The lowest BCUT2D eigenvalue weighted by Crippen LogP contribution is -2.38. The zero-order valence-corrected chi connectivity index (χ0v) is 13.8. The molecular formula is C18H19FN4O2. The van der Waals surface area contributed by atoms with Gasteiger partial charge in [-0.2, -0.15) is 0 Å². The second kappa shape index (κ2) is 7.83. The number of rotatable bonds is 3. The fourth-order valence-corrected chi connectivity index (χ4v) is 2.83. The predicted octanol–water partition coefficient (Wildman–Crippen LogP) is 1.53. The number of carbonyl (C=O) groups excluding carboxylic acids is 2. The highest BCUT2D eigenvalue weighted by molar-refractivity contribution is 5.92. The van der Waals surface area contributed by atoms with Crippen LogP contribution in [0, 0.1) is 5.82 Å². The summed E-state index contributed by atoms with van der Waals surface area (Å²) in [5.41, 5.74) is 1.09. The van der Waals surface area contributed by atoms with Gasteiger partial charge in [0.15, 0.2) is 0 Å². The lowest BCUT2D eigenvalue weighted by atomic mass is 10.1. The summed E-state index contributed by atoms with van der Waals surface area (Å²) in [4.78, 5) is 36.3. The third-order valence-electron chi connectivity index (χ3n) is 4.19. The SMILES string of the molecule is O=C(Cc1ccc(F)cc1)N1CCCN(C(=O)c2cnccn2)CC1. The van der Waals surface area contributed by atoms with Crippen molar-refractivity contribution in [2.45, 2.75) is 12.8 Å². The van der Waals surface area contributed by atoms with Crippen LogP contribution in [0.15, 0.2) is 42.9 Å². The highest BCUT2D eigenvalue weighted by atomic mass is 19.1. The largest absolute Gasteiger partial charge is 0.341 e. The van der Waals surface area contributed by atoms with Gasteiger partial charge in [0.1, 0.15) is 11.5 Å². The Labute approximate surface area is 145 Å². The van der Waals surface area contributed by atoms with Crippen molar-refractivity contribution in [3.05, 3.63) is 59.9 Å². The Bertz CT molecular complexity index is 737. The summed E-state index contributed by atoms with van der Waals surface area (Å²) in [5, 5.41) is 0. The molecule has 0 bridgehead atoms. The van der Waals surface area contributed by atoms with E-state index in [1.54, 1.807) is 21.9 Å². The Morgan fingerprint density at radius 3 is 2.44 bits per heavy atom. The van der Waals surface area contributed by atoms with Crippen LogP contribution in [0.4, 0.5) is 4.39 Å². The lowest BCUT2D eigenvalue weighted by molar-refractivity contribution is -0.130. The van der Waals surface area contributed by atoms with Gasteiger partial charge in [-0.1, -0.05) is 12.1 Å². The molecule has 130 valence electrons. The molecule has 0 spiro atoms. The second-order valence-corrected chi connectivity index (χ2v) is 5.92. The Balaban J connectivity index is 1.58. The molecule has 0 aliphatic carbocycles. The average molecular weight is 342 g/mol. The van der Waals surface area contributed by atoms with E-state index in [1.165, 1.54) is 30.7 Å². The number of hydrogen-bond donors (Lipinski definition) is 0. The maximum absolute atomic E-state index is 12.9. The maximum Gasteiger partial charge on any atom is 0.274 e. The molecule has 7 heteroatoms. The summed E-state index contributed by atoms with van der Waals surface area (Å²) in [7, 11) is 0. The number of aromatic nitrogens is 2. The molecular weight excluding hydrogens is 323 g/mol. The summed E-state index contributed by atoms with van der Waals surface area (Å²) < 4.78 is 12.9. The van der Waals surface area contributed by atoms with Gasteiger partial charge in [0, 0.05) is 38.6 Å². The third-order valence-corrected chi connectivity index (χ3v) is 4.19. The van der Waals surface area contributed by atoms with E-state index in [2.05, 4.69) is 9.97 Å². The summed E-state index contributed by atoms with van der Waals surface area (Å²) in [6, 6.07) is 5.95. The van der Waals surface area contributed by atoms with Gasteiger partial charge in [-0.3, -0.25) is 14.6 Å². The number of nitrogens with zero attached hydrogens (tertiary/aromatic N) is 4. The van der Waals surface area contributed by atoms with E-state index in [1.807, 2.05) is 0 Å². The molecule has 2 aromatic rings. The van der Waals surface area contributed by atoms with E-state index in [0.717, 1.165) is 5.56 Å². The molecule has 0 N–H and O–H groups in total. The van der Waals surface area contributed by atoms with E-state index in [9.17, 15) is 14.0 Å². The molecule has 1 aromatic carbocycles. The molecule has 1 aliphatic rings. The Morgan fingerprint density at radius 2 is 1.72 bits per heavy atom. The molecule has 0 unspecified atom stereocenters. The molecule has 1 fully saturated rings. The van der Waals surface area contributed by atoms with Crippen molar-refractivity contribution in [1.82, 2.24) is 19.8 Å². The first-order valence-corrected chi connectivity index (χ1v) is 8.21. The highest BCUT2D eigenvalue weighted by Gasteiger charge is 2.23. The van der Waals surface area contributed by atoms with Gasteiger partial charge in [-0.25, -0.2) is 9.37 Å². The second-order valence-electron chi connectivity index (χ2n) is 5.92. The van der Waals surface area contributed by atoms with Crippen LogP contribution in [0.2, 0.25) is 0 Å². The maximum atomic E-state index is 12.9. The van der Waals surface area contributed by atoms with Crippen molar-refractivity contribution < 1.29 is 14.0 Å². The van der Waals surface area contributed by atoms with Crippen LogP contribution in [0.1, 0.15) is 22.5 Å². The number of carbonyl (C=O) groups is 2. The van der Waals surface area contributed by atoms with Crippen LogP contribution in [0.5, 0.6) is 0 Å². The first-order chi connectivity index (χ1) is 12.1. The third kappa shape index (κ3) is 4.37. The van der Waals surface area contributed by atoms with Gasteiger partial charge in [-0.15, -0.1) is 0 Å². The molecule has 1 aliphatic heterocycles. The fourth-order valence-electron chi connectivity index (χ4n) is 2.83. The van der Waals surface area contributed by atoms with Crippen molar-refractivity contribution in [2.75, 3.05) is 26.2 Å². The normalized spacial score (nSPS) is 14.9. The minimum atomic E-state index is -0.316. The molecule has 2 heterocycles. The van der Waals surface area contributed by atoms with Gasteiger partial charge in [0.25, 0.3) is 5.91 Å². The van der Waals surface area contributed by atoms with E-state index in [0.29, 0.717) is 38.3 Å². The van der Waals surface area contributed by atoms with Crippen molar-refractivity contribution >= 4 is 11.8 Å². The summed E-state index contributed by atoms with van der Waals surface area (Å²) >= 11 is 0. The van der Waals surface area contributed by atoms with Crippen LogP contribution in [-0.2, 0) is 11.2 Å². The minimum Gasteiger partial charge on any atom is -0.341 e. The van der Waals surface area contributed by atoms with Crippen LogP contribution in [0.3, 0.4) is 0 Å². The van der Waals surface area contributed by atoms with Crippen LogP contribution >= 0.6 is 0 Å². The Hall–Kier alpha value is -2.83. The molecule has 1 saturated heterocycles. The highest BCUT2D eigenvalue weighted by Crippen LogP contribution is 2.10. The quantitative estimate of drug-likeness (QED) is 0.848. The number of halogens is 1. The van der Waals surface area contributed by atoms with Crippen LogP contribution < -0.4 is 0 Å². The molecule has 0 atom stereocenters. The first-order valence-electron chi connectivity index (χ1n) is 8.21. The number of hydrogen-bond acceptors (Lipinski definition) is 4. The predicted molar refractivity (Wildman–Crippen MR) is 89.2 cm³/mol. The van der Waals surface area contributed by atoms with E-state index >= 15 is 0 Å². The van der Waals surface area contributed by atoms with Crippen molar-refractivity contribution in [1.29, 1.82) is 0 Å². The summed E-state index contributed by atoms with van der Waals surface area (Å²) in [5.74, 6) is -0.495. The zero-order valence-electron chi connectivity index (χ0n) is 13.8. The summed E-state index contributed by atoms with van der Waals surface area (Å²) in [6.45, 7) is 2.12. The molecule has 0 radical (unpaired) electrons. The molecule has 25 heavy (non-hydrogen) atoms. The molecule has 2 amide bonds. The molecule has 1 aromatic heterocycles. The van der Waals surface area contributed by atoms with Crippen molar-refractivity contribution in [2.24, 2.45) is 0 Å². The van der Waals surface area contributed by atoms with Crippen LogP contribution in [0.25, 0.3) is 0 Å².